The molecule has 0 spiro atoms. The highest BCUT2D eigenvalue weighted by molar-refractivity contribution is 5.67. The first-order valence-corrected chi connectivity index (χ1v) is 6.11. The molecule has 0 aliphatic rings. The van der Waals surface area contributed by atoms with E-state index >= 15 is 0 Å². The topological polar surface area (TPSA) is 55.8 Å². The second-order valence-corrected chi connectivity index (χ2v) is 3.91. The molecule has 1 N–H and O–H groups in total. The maximum Gasteiger partial charge on any atom is 0.329 e. The second kappa shape index (κ2) is 10.9. The molecule has 0 saturated carbocycles. The molecule has 96 valence electrons. The van der Waals surface area contributed by atoms with Gasteiger partial charge in [0.1, 0.15) is 6.61 Å². The van der Waals surface area contributed by atoms with Crippen LogP contribution < -0.4 is 0 Å². The van der Waals surface area contributed by atoms with Gasteiger partial charge in [0, 0.05) is 6.61 Å². The molecule has 0 saturated heterocycles. The van der Waals surface area contributed by atoms with E-state index in [0.29, 0.717) is 6.61 Å². The van der Waals surface area contributed by atoms with Crippen molar-refractivity contribution in [3.63, 3.8) is 0 Å². The molecule has 1 atom stereocenters. The number of unbranched alkanes of at least 4 members (excludes halogenated alkanes) is 5. The Bertz CT molecular complexity index is 170. The molecular formula is C12H24O4. The predicted molar refractivity (Wildman–Crippen MR) is 62.4 cm³/mol. The first-order valence-electron chi connectivity index (χ1n) is 6.11. The minimum absolute atomic E-state index is 0.294. The standard InChI is InChI=1S/C12H24O4/c1-3-4-5-6-7-8-9-15-11(2)16-10-12(13)14/h11H,3-10H2,1-2H3,(H,13,14). The Morgan fingerprint density at radius 3 is 2.38 bits per heavy atom. The van der Waals surface area contributed by atoms with Gasteiger partial charge in [-0.1, -0.05) is 39.0 Å². The number of carboxylic acid groups (broad SMARTS) is 1. The van der Waals surface area contributed by atoms with Gasteiger partial charge in [-0.3, -0.25) is 0 Å². The van der Waals surface area contributed by atoms with Crippen LogP contribution in [0.5, 0.6) is 0 Å². The molecule has 0 radical (unpaired) electrons. The zero-order valence-electron chi connectivity index (χ0n) is 10.4. The average molecular weight is 232 g/mol. The zero-order valence-corrected chi connectivity index (χ0v) is 10.4. The van der Waals surface area contributed by atoms with Crippen LogP contribution in [-0.2, 0) is 14.3 Å². The van der Waals surface area contributed by atoms with Crippen molar-refractivity contribution < 1.29 is 19.4 Å². The zero-order chi connectivity index (χ0) is 12.2. The molecule has 0 fully saturated rings. The van der Waals surface area contributed by atoms with Gasteiger partial charge in [0.2, 0.25) is 0 Å². The summed E-state index contributed by atoms with van der Waals surface area (Å²) in [6.45, 7) is 4.27. The number of aliphatic carboxylic acids is 1. The van der Waals surface area contributed by atoms with Crippen LogP contribution in [0.2, 0.25) is 0 Å². The van der Waals surface area contributed by atoms with Crippen molar-refractivity contribution in [3.05, 3.63) is 0 Å². The molecule has 0 rings (SSSR count). The van der Waals surface area contributed by atoms with Crippen molar-refractivity contribution in [1.82, 2.24) is 0 Å². The Hall–Kier alpha value is -0.610. The summed E-state index contributed by atoms with van der Waals surface area (Å²) in [5, 5.41) is 8.37. The van der Waals surface area contributed by atoms with E-state index in [9.17, 15) is 4.79 Å². The van der Waals surface area contributed by atoms with E-state index in [2.05, 4.69) is 6.92 Å². The van der Waals surface area contributed by atoms with E-state index in [1.165, 1.54) is 32.1 Å². The minimum atomic E-state index is -0.963. The van der Waals surface area contributed by atoms with Gasteiger partial charge in [0.15, 0.2) is 6.29 Å². The summed E-state index contributed by atoms with van der Waals surface area (Å²) in [6, 6.07) is 0. The quantitative estimate of drug-likeness (QED) is 0.439. The van der Waals surface area contributed by atoms with Crippen LogP contribution >= 0.6 is 0 Å². The van der Waals surface area contributed by atoms with E-state index in [4.69, 9.17) is 14.6 Å². The number of ether oxygens (including phenoxy) is 2. The Morgan fingerprint density at radius 2 is 1.75 bits per heavy atom. The maximum absolute atomic E-state index is 10.2. The van der Waals surface area contributed by atoms with Crippen LogP contribution in [0.15, 0.2) is 0 Å². The Morgan fingerprint density at radius 1 is 1.12 bits per heavy atom. The Labute approximate surface area is 97.9 Å². The van der Waals surface area contributed by atoms with Gasteiger partial charge in [0.25, 0.3) is 0 Å². The molecule has 0 aliphatic carbocycles. The van der Waals surface area contributed by atoms with Gasteiger partial charge in [-0.05, 0) is 13.3 Å². The largest absolute Gasteiger partial charge is 0.480 e. The van der Waals surface area contributed by atoms with E-state index in [0.717, 1.165) is 6.42 Å². The van der Waals surface area contributed by atoms with Crippen LogP contribution in [0.25, 0.3) is 0 Å². The van der Waals surface area contributed by atoms with E-state index in [-0.39, 0.29) is 6.61 Å². The minimum Gasteiger partial charge on any atom is -0.480 e. The fourth-order valence-corrected chi connectivity index (χ4v) is 1.37. The molecule has 0 aromatic rings. The van der Waals surface area contributed by atoms with Crippen molar-refractivity contribution in [2.45, 2.75) is 58.7 Å². The molecule has 4 nitrogen and oxygen atoms in total. The molecule has 0 bridgehead atoms. The lowest BCUT2D eigenvalue weighted by molar-refractivity contribution is -0.163. The first-order chi connectivity index (χ1) is 7.66. The molecule has 0 heterocycles. The highest BCUT2D eigenvalue weighted by atomic mass is 16.7. The van der Waals surface area contributed by atoms with E-state index < -0.39 is 12.3 Å². The Balaban J connectivity index is 3.15. The predicted octanol–water partition coefficient (Wildman–Crippen LogP) is 2.81. The summed E-state index contributed by atoms with van der Waals surface area (Å²) in [4.78, 5) is 10.2. The summed E-state index contributed by atoms with van der Waals surface area (Å²) in [5.41, 5.74) is 0. The van der Waals surface area contributed by atoms with Gasteiger partial charge in [-0.25, -0.2) is 4.79 Å². The van der Waals surface area contributed by atoms with Gasteiger partial charge >= 0.3 is 5.97 Å². The molecule has 4 heteroatoms. The lowest BCUT2D eigenvalue weighted by atomic mass is 10.1. The number of carbonyl (C=O) groups is 1. The fraction of sp³-hybridized carbons (Fsp3) is 0.917. The third-order valence-corrected chi connectivity index (χ3v) is 2.29. The number of hydrogen-bond acceptors (Lipinski definition) is 3. The van der Waals surface area contributed by atoms with Crippen LogP contribution in [0.3, 0.4) is 0 Å². The average Bonchev–Trinajstić information content (AvgIpc) is 2.25. The summed E-state index contributed by atoms with van der Waals surface area (Å²) >= 11 is 0. The summed E-state index contributed by atoms with van der Waals surface area (Å²) in [7, 11) is 0. The molecule has 0 amide bonds. The highest BCUT2D eigenvalue weighted by Crippen LogP contribution is 2.05. The number of rotatable bonds is 11. The van der Waals surface area contributed by atoms with Crippen molar-refractivity contribution in [3.8, 4) is 0 Å². The van der Waals surface area contributed by atoms with Crippen LogP contribution in [-0.4, -0.2) is 30.6 Å². The fourth-order valence-electron chi connectivity index (χ4n) is 1.37. The monoisotopic (exact) mass is 232 g/mol. The Kier molecular flexibility index (Phi) is 10.5. The lowest BCUT2D eigenvalue weighted by Gasteiger charge is -2.12. The van der Waals surface area contributed by atoms with E-state index in [1.807, 2.05) is 0 Å². The summed E-state index contributed by atoms with van der Waals surface area (Å²) in [5.74, 6) is -0.963. The second-order valence-electron chi connectivity index (χ2n) is 3.91. The van der Waals surface area contributed by atoms with Crippen molar-refractivity contribution >= 4 is 5.97 Å². The highest BCUT2D eigenvalue weighted by Gasteiger charge is 2.04. The summed E-state index contributed by atoms with van der Waals surface area (Å²) in [6.07, 6.45) is 6.88. The van der Waals surface area contributed by atoms with Gasteiger partial charge < -0.3 is 14.6 Å². The van der Waals surface area contributed by atoms with Gasteiger partial charge in [-0.15, -0.1) is 0 Å². The lowest BCUT2D eigenvalue weighted by Crippen LogP contribution is -2.18. The van der Waals surface area contributed by atoms with Crippen LogP contribution in [0.4, 0.5) is 0 Å². The van der Waals surface area contributed by atoms with Crippen LogP contribution in [0, 0.1) is 0 Å². The van der Waals surface area contributed by atoms with Crippen LogP contribution in [0.1, 0.15) is 52.4 Å². The SMILES string of the molecule is CCCCCCCCOC(C)OCC(=O)O. The maximum atomic E-state index is 10.2. The van der Waals surface area contributed by atoms with Gasteiger partial charge in [-0.2, -0.15) is 0 Å². The molecule has 0 aliphatic heterocycles. The third kappa shape index (κ3) is 11.5. The normalized spacial score (nSPS) is 12.6. The molecule has 0 aromatic heterocycles. The van der Waals surface area contributed by atoms with Crippen molar-refractivity contribution in [2.24, 2.45) is 0 Å². The molecule has 16 heavy (non-hydrogen) atoms. The number of carboxylic acids is 1. The first kappa shape index (κ1) is 15.4. The van der Waals surface area contributed by atoms with Crippen molar-refractivity contribution in [2.75, 3.05) is 13.2 Å². The number of hydrogen-bond donors (Lipinski definition) is 1. The third-order valence-electron chi connectivity index (χ3n) is 2.29. The van der Waals surface area contributed by atoms with E-state index in [1.54, 1.807) is 6.92 Å². The molecule has 0 aromatic carbocycles. The molecule has 1 unspecified atom stereocenters. The van der Waals surface area contributed by atoms with Crippen molar-refractivity contribution in [1.29, 1.82) is 0 Å². The summed E-state index contributed by atoms with van der Waals surface area (Å²) < 4.78 is 10.2. The van der Waals surface area contributed by atoms with Gasteiger partial charge in [0.05, 0.1) is 0 Å². The smallest absolute Gasteiger partial charge is 0.329 e. The molecular weight excluding hydrogens is 208 g/mol.